The van der Waals surface area contributed by atoms with E-state index < -0.39 is 17.9 Å². The molecule has 9 heteroatoms. The summed E-state index contributed by atoms with van der Waals surface area (Å²) in [6.45, 7) is 5.65. The van der Waals surface area contributed by atoms with Gasteiger partial charge in [0.15, 0.2) is 0 Å². The second-order valence-corrected chi connectivity index (χ2v) is 7.95. The van der Waals surface area contributed by atoms with E-state index >= 15 is 0 Å². The van der Waals surface area contributed by atoms with Crippen LogP contribution in [0.3, 0.4) is 0 Å². The molecule has 0 unspecified atom stereocenters. The third-order valence-corrected chi connectivity index (χ3v) is 5.81. The summed E-state index contributed by atoms with van der Waals surface area (Å²) < 4.78 is 4.96. The fourth-order valence-electron chi connectivity index (χ4n) is 3.22. The minimum absolute atomic E-state index is 0.0759. The number of urea groups is 1. The third-order valence-electron chi connectivity index (χ3n) is 4.81. The summed E-state index contributed by atoms with van der Waals surface area (Å²) in [6, 6.07) is 2.97. The van der Waals surface area contributed by atoms with Crippen LogP contribution in [-0.2, 0) is 9.53 Å². The highest BCUT2D eigenvalue weighted by molar-refractivity contribution is 8.00. The highest BCUT2D eigenvalue weighted by Crippen LogP contribution is 2.24. The predicted molar refractivity (Wildman–Crippen MR) is 108 cm³/mol. The molecule has 2 rings (SSSR count). The summed E-state index contributed by atoms with van der Waals surface area (Å²) in [5.41, 5.74) is 0.810. The Balaban J connectivity index is 1.93. The number of ether oxygens (including phenoxy) is 1. The molecule has 1 aliphatic carbocycles. The number of amides is 3. The maximum Gasteiger partial charge on any atom is 0.340 e. The molecule has 1 saturated carbocycles. The molecule has 0 bridgehead atoms. The van der Waals surface area contributed by atoms with Crippen molar-refractivity contribution in [2.75, 3.05) is 12.4 Å². The van der Waals surface area contributed by atoms with Crippen LogP contribution in [0, 0.1) is 24.2 Å². The summed E-state index contributed by atoms with van der Waals surface area (Å²) in [5.74, 6) is -0.707. The summed E-state index contributed by atoms with van der Waals surface area (Å²) >= 11 is 1.04. The molecular formula is C20H26N4O4S. The number of carbonyl (C=O) groups is 3. The van der Waals surface area contributed by atoms with Gasteiger partial charge in [-0.2, -0.15) is 5.26 Å². The number of nitrogens with zero attached hydrogens (tertiary/aromatic N) is 2. The van der Waals surface area contributed by atoms with E-state index in [0.717, 1.165) is 31.0 Å². The van der Waals surface area contributed by atoms with Crippen LogP contribution in [0.4, 0.5) is 4.79 Å². The Morgan fingerprint density at radius 3 is 2.72 bits per heavy atom. The van der Waals surface area contributed by atoms with E-state index in [9.17, 15) is 19.6 Å². The zero-order chi connectivity index (χ0) is 21.4. The highest BCUT2D eigenvalue weighted by Gasteiger charge is 2.23. The molecule has 0 radical (unpaired) electrons. The topological polar surface area (TPSA) is 121 Å². The van der Waals surface area contributed by atoms with Crippen molar-refractivity contribution < 1.29 is 19.1 Å². The van der Waals surface area contributed by atoms with Gasteiger partial charge in [-0.25, -0.2) is 14.6 Å². The van der Waals surface area contributed by atoms with Crippen LogP contribution in [-0.4, -0.2) is 41.3 Å². The molecule has 2 N–H and O–H groups in total. The van der Waals surface area contributed by atoms with Gasteiger partial charge in [0.1, 0.15) is 11.1 Å². The largest absolute Gasteiger partial charge is 0.462 e. The Kier molecular flexibility index (Phi) is 8.46. The van der Waals surface area contributed by atoms with Crippen molar-refractivity contribution in [2.24, 2.45) is 5.92 Å². The molecule has 3 amide bonds. The Hall–Kier alpha value is -2.60. The molecule has 0 saturated heterocycles. The lowest BCUT2D eigenvalue weighted by molar-refractivity contribution is -0.117. The summed E-state index contributed by atoms with van der Waals surface area (Å²) in [5, 5.41) is 14.9. The number of esters is 1. The zero-order valence-electron chi connectivity index (χ0n) is 16.9. The molecular weight excluding hydrogens is 392 g/mol. The first-order valence-electron chi connectivity index (χ1n) is 9.67. The molecule has 1 heterocycles. The maximum atomic E-state index is 12.1. The highest BCUT2D eigenvalue weighted by atomic mass is 32.2. The van der Waals surface area contributed by atoms with Crippen molar-refractivity contribution in [1.82, 2.24) is 15.6 Å². The van der Waals surface area contributed by atoms with Gasteiger partial charge >= 0.3 is 12.0 Å². The standard InChI is InChI=1S/C20H26N4O4S/c1-4-28-19(26)15-9-14(10-21)18(22-13(15)3)29-11-17(25)24-20(27)23-16-8-6-5-7-12(16)2/h9,12,16H,4-8,11H2,1-3H3,(H2,23,24,25,27)/t12-,16+/m0/s1. The molecule has 1 aliphatic rings. The first-order valence-corrected chi connectivity index (χ1v) is 10.7. The van der Waals surface area contributed by atoms with Crippen LogP contribution in [0.5, 0.6) is 0 Å². The summed E-state index contributed by atoms with van der Waals surface area (Å²) in [6.07, 6.45) is 4.22. The van der Waals surface area contributed by atoms with Crippen LogP contribution in [0.1, 0.15) is 61.1 Å². The lowest BCUT2D eigenvalue weighted by Crippen LogP contribution is -2.48. The van der Waals surface area contributed by atoms with E-state index in [1.165, 1.54) is 12.5 Å². The Labute approximate surface area is 174 Å². The van der Waals surface area contributed by atoms with Gasteiger partial charge in [-0.15, -0.1) is 0 Å². The number of hydrogen-bond acceptors (Lipinski definition) is 7. The second kappa shape index (κ2) is 10.8. The Morgan fingerprint density at radius 2 is 2.07 bits per heavy atom. The molecule has 156 valence electrons. The van der Waals surface area contributed by atoms with E-state index in [1.54, 1.807) is 13.8 Å². The normalized spacial score (nSPS) is 18.4. The van der Waals surface area contributed by atoms with Crippen molar-refractivity contribution in [3.05, 3.63) is 22.9 Å². The van der Waals surface area contributed by atoms with Gasteiger partial charge < -0.3 is 10.1 Å². The van der Waals surface area contributed by atoms with Gasteiger partial charge in [-0.1, -0.05) is 31.5 Å². The number of imide groups is 1. The SMILES string of the molecule is CCOC(=O)c1cc(C#N)c(SCC(=O)NC(=O)N[C@@H]2CCCC[C@@H]2C)nc1C. The zero-order valence-corrected chi connectivity index (χ0v) is 17.7. The number of thioether (sulfide) groups is 1. The molecule has 1 aromatic heterocycles. The van der Waals surface area contributed by atoms with Gasteiger partial charge in [0, 0.05) is 6.04 Å². The first-order chi connectivity index (χ1) is 13.8. The van der Waals surface area contributed by atoms with E-state index in [0.29, 0.717) is 16.6 Å². The average Bonchev–Trinajstić information content (AvgIpc) is 2.68. The predicted octanol–water partition coefficient (Wildman–Crippen LogP) is 2.94. The number of aryl methyl sites for hydroxylation is 1. The van der Waals surface area contributed by atoms with Gasteiger partial charge in [-0.05, 0) is 38.7 Å². The lowest BCUT2D eigenvalue weighted by atomic mass is 9.86. The summed E-state index contributed by atoms with van der Waals surface area (Å²) in [4.78, 5) is 40.4. The van der Waals surface area contributed by atoms with E-state index in [1.807, 2.05) is 6.07 Å². The molecule has 0 aliphatic heterocycles. The van der Waals surface area contributed by atoms with Crippen molar-refractivity contribution in [1.29, 1.82) is 5.26 Å². The maximum absolute atomic E-state index is 12.1. The van der Waals surface area contributed by atoms with Gasteiger partial charge in [0.05, 0.1) is 29.2 Å². The fourth-order valence-corrected chi connectivity index (χ4v) is 4.02. The molecule has 0 aromatic carbocycles. The quantitative estimate of drug-likeness (QED) is 0.538. The van der Waals surface area contributed by atoms with Crippen LogP contribution in [0.15, 0.2) is 11.1 Å². The number of hydrogen-bond donors (Lipinski definition) is 2. The van der Waals surface area contributed by atoms with Crippen LogP contribution >= 0.6 is 11.8 Å². The first kappa shape index (κ1) is 22.7. The number of nitriles is 1. The Morgan fingerprint density at radius 1 is 1.34 bits per heavy atom. The minimum atomic E-state index is -0.545. The molecule has 29 heavy (non-hydrogen) atoms. The van der Waals surface area contributed by atoms with Crippen molar-refractivity contribution in [2.45, 2.75) is 57.5 Å². The van der Waals surface area contributed by atoms with Crippen LogP contribution in [0.2, 0.25) is 0 Å². The molecule has 1 aromatic rings. The number of carbonyl (C=O) groups excluding carboxylic acids is 3. The molecule has 1 fully saturated rings. The van der Waals surface area contributed by atoms with Gasteiger partial charge in [0.2, 0.25) is 5.91 Å². The number of aromatic nitrogens is 1. The molecule has 2 atom stereocenters. The van der Waals surface area contributed by atoms with Crippen LogP contribution < -0.4 is 10.6 Å². The number of rotatable bonds is 6. The number of nitrogens with one attached hydrogen (secondary N) is 2. The smallest absolute Gasteiger partial charge is 0.340 e. The van der Waals surface area contributed by atoms with Crippen LogP contribution in [0.25, 0.3) is 0 Å². The van der Waals surface area contributed by atoms with E-state index in [4.69, 9.17) is 4.74 Å². The Bertz CT molecular complexity index is 821. The van der Waals surface area contributed by atoms with Crippen molar-refractivity contribution in [3.63, 3.8) is 0 Å². The lowest BCUT2D eigenvalue weighted by Gasteiger charge is -2.29. The van der Waals surface area contributed by atoms with Gasteiger partial charge in [-0.3, -0.25) is 10.1 Å². The average molecular weight is 419 g/mol. The fraction of sp³-hybridized carbons (Fsp3) is 0.550. The van der Waals surface area contributed by atoms with Crippen molar-refractivity contribution >= 4 is 29.7 Å². The van der Waals surface area contributed by atoms with E-state index in [-0.39, 0.29) is 29.5 Å². The molecule has 8 nitrogen and oxygen atoms in total. The van der Waals surface area contributed by atoms with Gasteiger partial charge in [0.25, 0.3) is 0 Å². The second-order valence-electron chi connectivity index (χ2n) is 6.98. The molecule has 0 spiro atoms. The minimum Gasteiger partial charge on any atom is -0.462 e. The van der Waals surface area contributed by atoms with Crippen molar-refractivity contribution in [3.8, 4) is 6.07 Å². The van der Waals surface area contributed by atoms with E-state index in [2.05, 4.69) is 22.5 Å². The third kappa shape index (κ3) is 6.46. The monoisotopic (exact) mass is 418 g/mol. The summed E-state index contributed by atoms with van der Waals surface area (Å²) in [7, 11) is 0. The number of pyridine rings is 1.